The van der Waals surface area contributed by atoms with Crippen molar-refractivity contribution in [2.24, 2.45) is 0 Å². The number of carbonyl (C=O) groups is 2. The summed E-state index contributed by atoms with van der Waals surface area (Å²) in [7, 11) is 0. The smallest absolute Gasteiger partial charge is 0.262 e. The molecule has 0 bridgehead atoms. The molecule has 1 heterocycles. The maximum atomic E-state index is 11.1. The Morgan fingerprint density at radius 2 is 2.33 bits per heavy atom. The van der Waals surface area contributed by atoms with E-state index >= 15 is 0 Å². The van der Waals surface area contributed by atoms with E-state index in [4.69, 9.17) is 4.74 Å². The standard InChI is InChI=1S/C11H11NO3/c1-2-8-3-7(5-13)4-9-11(8)15-6-10(14)12-9/h3-5H,2,6H2,1H3,(H,12,14). The normalized spacial score (nSPS) is 13.8. The molecule has 1 aliphatic heterocycles. The highest BCUT2D eigenvalue weighted by Gasteiger charge is 2.19. The van der Waals surface area contributed by atoms with Crippen molar-refractivity contribution in [2.45, 2.75) is 13.3 Å². The van der Waals surface area contributed by atoms with Gasteiger partial charge in [0.1, 0.15) is 12.0 Å². The van der Waals surface area contributed by atoms with Crippen LogP contribution in [0.2, 0.25) is 0 Å². The fourth-order valence-corrected chi connectivity index (χ4v) is 1.63. The number of hydrogen-bond donors (Lipinski definition) is 1. The van der Waals surface area contributed by atoms with Crippen LogP contribution in [0.3, 0.4) is 0 Å². The molecule has 2 rings (SSSR count). The van der Waals surface area contributed by atoms with E-state index in [-0.39, 0.29) is 12.5 Å². The molecule has 0 spiro atoms. The average molecular weight is 205 g/mol. The largest absolute Gasteiger partial charge is 0.481 e. The first-order valence-electron chi connectivity index (χ1n) is 4.79. The van der Waals surface area contributed by atoms with Crippen LogP contribution in [-0.2, 0) is 11.2 Å². The van der Waals surface area contributed by atoms with Crippen LogP contribution in [0.15, 0.2) is 12.1 Å². The van der Waals surface area contributed by atoms with Crippen molar-refractivity contribution in [3.63, 3.8) is 0 Å². The fourth-order valence-electron chi connectivity index (χ4n) is 1.63. The molecule has 15 heavy (non-hydrogen) atoms. The summed E-state index contributed by atoms with van der Waals surface area (Å²) in [5.41, 5.74) is 2.08. The highest BCUT2D eigenvalue weighted by atomic mass is 16.5. The molecule has 0 radical (unpaired) electrons. The van der Waals surface area contributed by atoms with Gasteiger partial charge < -0.3 is 10.1 Å². The summed E-state index contributed by atoms with van der Waals surface area (Å²) in [5, 5.41) is 2.69. The van der Waals surface area contributed by atoms with Crippen molar-refractivity contribution in [3.05, 3.63) is 23.3 Å². The van der Waals surface area contributed by atoms with Gasteiger partial charge in [0.2, 0.25) is 0 Å². The van der Waals surface area contributed by atoms with Crippen molar-refractivity contribution in [1.29, 1.82) is 0 Å². The van der Waals surface area contributed by atoms with E-state index in [2.05, 4.69) is 5.32 Å². The quantitative estimate of drug-likeness (QED) is 0.742. The second kappa shape index (κ2) is 3.73. The lowest BCUT2D eigenvalue weighted by atomic mass is 10.1. The first-order chi connectivity index (χ1) is 7.24. The number of amides is 1. The van der Waals surface area contributed by atoms with E-state index in [1.807, 2.05) is 6.92 Å². The predicted molar refractivity (Wildman–Crippen MR) is 55.3 cm³/mol. The van der Waals surface area contributed by atoms with Crippen molar-refractivity contribution in [1.82, 2.24) is 0 Å². The van der Waals surface area contributed by atoms with E-state index in [9.17, 15) is 9.59 Å². The van der Waals surface area contributed by atoms with Gasteiger partial charge >= 0.3 is 0 Å². The van der Waals surface area contributed by atoms with Crippen LogP contribution in [-0.4, -0.2) is 18.8 Å². The van der Waals surface area contributed by atoms with Crippen LogP contribution in [0, 0.1) is 0 Å². The van der Waals surface area contributed by atoms with Gasteiger partial charge in [0.05, 0.1) is 5.69 Å². The molecular weight excluding hydrogens is 194 g/mol. The Hall–Kier alpha value is -1.84. The number of ether oxygens (including phenoxy) is 1. The summed E-state index contributed by atoms with van der Waals surface area (Å²) in [5.74, 6) is 0.496. The lowest BCUT2D eigenvalue weighted by Crippen LogP contribution is -2.26. The predicted octanol–water partition coefficient (Wildman–Crippen LogP) is 1.39. The van der Waals surface area contributed by atoms with E-state index in [1.165, 1.54) is 0 Å². The van der Waals surface area contributed by atoms with Gasteiger partial charge in [-0.15, -0.1) is 0 Å². The van der Waals surface area contributed by atoms with Crippen molar-refractivity contribution in [3.8, 4) is 5.75 Å². The molecule has 78 valence electrons. The molecule has 1 aliphatic rings. The maximum Gasteiger partial charge on any atom is 0.262 e. The number of carbonyl (C=O) groups excluding carboxylic acids is 2. The van der Waals surface area contributed by atoms with Gasteiger partial charge in [-0.25, -0.2) is 0 Å². The highest BCUT2D eigenvalue weighted by Crippen LogP contribution is 2.33. The van der Waals surface area contributed by atoms with Crippen molar-refractivity contribution >= 4 is 17.9 Å². The molecule has 0 fully saturated rings. The van der Waals surface area contributed by atoms with Gasteiger partial charge in [-0.3, -0.25) is 9.59 Å². The van der Waals surface area contributed by atoms with Crippen LogP contribution < -0.4 is 10.1 Å². The first kappa shape index (κ1) is 9.71. The third kappa shape index (κ3) is 1.70. The summed E-state index contributed by atoms with van der Waals surface area (Å²) in [6.07, 6.45) is 1.53. The molecule has 0 unspecified atom stereocenters. The van der Waals surface area contributed by atoms with Gasteiger partial charge in [-0.05, 0) is 24.1 Å². The third-order valence-electron chi connectivity index (χ3n) is 2.33. The zero-order valence-corrected chi connectivity index (χ0v) is 8.37. The molecular formula is C11H11NO3. The highest BCUT2D eigenvalue weighted by molar-refractivity contribution is 5.97. The Bertz CT molecular complexity index is 426. The molecule has 0 atom stereocenters. The van der Waals surface area contributed by atoms with E-state index in [0.717, 1.165) is 18.3 Å². The number of aryl methyl sites for hydroxylation is 1. The molecule has 0 aliphatic carbocycles. The minimum Gasteiger partial charge on any atom is -0.481 e. The van der Waals surface area contributed by atoms with E-state index in [0.29, 0.717) is 17.0 Å². The van der Waals surface area contributed by atoms with Crippen molar-refractivity contribution in [2.75, 3.05) is 11.9 Å². The Balaban J connectivity index is 2.53. The Labute approximate surface area is 87.2 Å². The summed E-state index contributed by atoms with van der Waals surface area (Å²) >= 11 is 0. The summed E-state index contributed by atoms with van der Waals surface area (Å²) < 4.78 is 5.33. The average Bonchev–Trinajstić information content (AvgIpc) is 2.26. The monoisotopic (exact) mass is 205 g/mol. The number of fused-ring (bicyclic) bond motifs is 1. The van der Waals surface area contributed by atoms with Gasteiger partial charge in [-0.2, -0.15) is 0 Å². The van der Waals surface area contributed by atoms with Crippen molar-refractivity contribution < 1.29 is 14.3 Å². The molecule has 0 aromatic heterocycles. The molecule has 4 nitrogen and oxygen atoms in total. The second-order valence-corrected chi connectivity index (χ2v) is 3.36. The molecule has 1 aromatic rings. The minimum atomic E-state index is -0.187. The zero-order valence-electron chi connectivity index (χ0n) is 8.37. The van der Waals surface area contributed by atoms with E-state index in [1.54, 1.807) is 12.1 Å². The molecule has 1 N–H and O–H groups in total. The fraction of sp³-hybridized carbons (Fsp3) is 0.273. The second-order valence-electron chi connectivity index (χ2n) is 3.36. The lowest BCUT2D eigenvalue weighted by Gasteiger charge is -2.20. The number of benzene rings is 1. The Morgan fingerprint density at radius 3 is 3.00 bits per heavy atom. The molecule has 0 saturated carbocycles. The molecule has 4 heteroatoms. The van der Waals surface area contributed by atoms with Crippen LogP contribution in [0.25, 0.3) is 0 Å². The molecule has 0 saturated heterocycles. The molecule has 1 amide bonds. The summed E-state index contributed by atoms with van der Waals surface area (Å²) in [6.45, 7) is 2.02. The van der Waals surface area contributed by atoms with E-state index < -0.39 is 0 Å². The topological polar surface area (TPSA) is 55.4 Å². The number of aldehydes is 1. The SMILES string of the molecule is CCc1cc(C=O)cc2c1OCC(=O)N2. The Morgan fingerprint density at radius 1 is 1.53 bits per heavy atom. The lowest BCUT2D eigenvalue weighted by molar-refractivity contribution is -0.118. The Kier molecular flexibility index (Phi) is 2.41. The number of hydrogen-bond acceptors (Lipinski definition) is 3. The van der Waals surface area contributed by atoms with Crippen LogP contribution in [0.4, 0.5) is 5.69 Å². The van der Waals surface area contributed by atoms with Gasteiger partial charge in [0.25, 0.3) is 5.91 Å². The van der Waals surface area contributed by atoms with Crippen LogP contribution >= 0.6 is 0 Å². The maximum absolute atomic E-state index is 11.1. The zero-order chi connectivity index (χ0) is 10.8. The van der Waals surface area contributed by atoms with Gasteiger partial charge in [0.15, 0.2) is 6.61 Å². The van der Waals surface area contributed by atoms with Crippen LogP contribution in [0.5, 0.6) is 5.75 Å². The number of nitrogens with one attached hydrogen (secondary N) is 1. The number of rotatable bonds is 2. The summed E-state index contributed by atoms with van der Waals surface area (Å²) in [4.78, 5) is 21.8. The third-order valence-corrected chi connectivity index (χ3v) is 2.33. The van der Waals surface area contributed by atoms with Crippen LogP contribution in [0.1, 0.15) is 22.8 Å². The van der Waals surface area contributed by atoms with Gasteiger partial charge in [0, 0.05) is 5.56 Å². The minimum absolute atomic E-state index is 0.0421. The molecule has 1 aromatic carbocycles. The summed E-state index contributed by atoms with van der Waals surface area (Å²) in [6, 6.07) is 3.40. The van der Waals surface area contributed by atoms with Gasteiger partial charge in [-0.1, -0.05) is 6.92 Å². The first-order valence-corrected chi connectivity index (χ1v) is 4.79. The number of anilines is 1.